The van der Waals surface area contributed by atoms with E-state index in [0.29, 0.717) is 6.54 Å². The maximum absolute atomic E-state index is 7.58. The van der Waals surface area contributed by atoms with Crippen LogP contribution in [0.4, 0.5) is 0 Å². The lowest BCUT2D eigenvalue weighted by Crippen LogP contribution is -2.71. The average molecular weight is 589 g/mol. The lowest BCUT2D eigenvalue weighted by atomic mass is 9.69. The van der Waals surface area contributed by atoms with Gasteiger partial charge in [-0.25, -0.2) is 20.0 Å². The highest BCUT2D eigenvalue weighted by molar-refractivity contribution is 7.10. The summed E-state index contributed by atoms with van der Waals surface area (Å²) in [6.45, 7) is 2.43. The number of thiophene rings is 1. The van der Waals surface area contributed by atoms with E-state index in [9.17, 15) is 0 Å². The highest BCUT2D eigenvalue weighted by atomic mass is 32.1. The Bertz CT molecular complexity index is 1750. The number of aromatic nitrogens is 4. The van der Waals surface area contributed by atoms with Crippen LogP contribution in [0.2, 0.25) is 0 Å². The molecule has 6 aromatic rings. The van der Waals surface area contributed by atoms with E-state index in [2.05, 4.69) is 68.9 Å². The molecular formula is C34H32N6O2S. The molecule has 2 saturated heterocycles. The number of hydrogen-bond acceptors (Lipinski definition) is 8. The largest absolute Gasteiger partial charge is 0.467 e. The summed E-state index contributed by atoms with van der Waals surface area (Å²) in [5, 5.41) is 8.19. The molecule has 0 aliphatic carbocycles. The maximum atomic E-state index is 7.58. The Labute approximate surface area is 254 Å². The average Bonchev–Trinajstić information content (AvgIpc) is 3.89. The van der Waals surface area contributed by atoms with Gasteiger partial charge < -0.3 is 14.1 Å². The Morgan fingerprint density at radius 1 is 0.837 bits per heavy atom. The van der Waals surface area contributed by atoms with Crippen molar-refractivity contribution >= 4 is 22.2 Å². The third-order valence-electron chi connectivity index (χ3n) is 8.79. The number of para-hydroxylation sites is 1. The van der Waals surface area contributed by atoms with Crippen LogP contribution in [0.3, 0.4) is 0 Å². The minimum atomic E-state index is -1.24. The summed E-state index contributed by atoms with van der Waals surface area (Å²) in [5.41, 5.74) is 0.181. The predicted octanol–water partition coefficient (Wildman–Crippen LogP) is 6.67. The molecule has 43 heavy (non-hydrogen) atoms. The first-order valence-electron chi connectivity index (χ1n) is 14.9. The van der Waals surface area contributed by atoms with Gasteiger partial charge in [0.25, 0.3) is 0 Å². The van der Waals surface area contributed by atoms with Crippen molar-refractivity contribution in [3.63, 3.8) is 0 Å². The van der Waals surface area contributed by atoms with Gasteiger partial charge in [-0.3, -0.25) is 4.98 Å². The van der Waals surface area contributed by atoms with Crippen molar-refractivity contribution in [2.75, 3.05) is 19.6 Å². The summed E-state index contributed by atoms with van der Waals surface area (Å²) in [5.74, 6) is 1.54. The molecule has 9 heteroatoms. The number of furan rings is 1. The molecule has 3 atom stereocenters. The molecule has 2 aliphatic rings. The molecule has 0 bridgehead atoms. The van der Waals surface area contributed by atoms with E-state index in [4.69, 9.17) is 24.1 Å². The fourth-order valence-corrected chi connectivity index (χ4v) is 7.98. The predicted molar refractivity (Wildman–Crippen MR) is 165 cm³/mol. The lowest BCUT2D eigenvalue weighted by Gasteiger charge is -2.60. The zero-order chi connectivity index (χ0) is 28.7. The summed E-state index contributed by atoms with van der Waals surface area (Å²) in [4.78, 5) is 19.6. The number of morpholine rings is 1. The van der Waals surface area contributed by atoms with E-state index in [1.54, 1.807) is 23.8 Å². The highest BCUT2D eigenvalue weighted by Crippen LogP contribution is 2.60. The number of pyridine rings is 2. The van der Waals surface area contributed by atoms with E-state index in [-0.39, 0.29) is 0 Å². The fourth-order valence-electron chi connectivity index (χ4n) is 7.00. The molecule has 0 amide bonds. The van der Waals surface area contributed by atoms with Gasteiger partial charge in [0, 0.05) is 48.5 Å². The summed E-state index contributed by atoms with van der Waals surface area (Å²) >= 11 is 1.70. The molecule has 5 aromatic heterocycles. The van der Waals surface area contributed by atoms with E-state index in [0.717, 1.165) is 64.7 Å². The third-order valence-corrected chi connectivity index (χ3v) is 9.77. The van der Waals surface area contributed by atoms with Crippen molar-refractivity contribution in [2.45, 2.75) is 36.5 Å². The van der Waals surface area contributed by atoms with Gasteiger partial charge in [0.2, 0.25) is 0 Å². The second-order valence-electron chi connectivity index (χ2n) is 11.1. The number of rotatable bonds is 6. The monoisotopic (exact) mass is 588 g/mol. The zero-order valence-corrected chi connectivity index (χ0v) is 24.5. The second kappa shape index (κ2) is 10.8. The number of H-pyrrole nitrogens is 1. The van der Waals surface area contributed by atoms with E-state index < -0.39 is 17.2 Å². The molecule has 8 nitrogen and oxygen atoms in total. The Balaban J connectivity index is 1.52. The Hall–Kier alpha value is -4.15. The molecule has 2 aliphatic heterocycles. The van der Waals surface area contributed by atoms with Crippen molar-refractivity contribution in [2.24, 2.45) is 0 Å². The highest BCUT2D eigenvalue weighted by Gasteiger charge is 2.69. The number of hydrazine groups is 1. The summed E-state index contributed by atoms with van der Waals surface area (Å²) < 4.78 is 14.1. The van der Waals surface area contributed by atoms with E-state index in [1.165, 1.54) is 6.42 Å². The van der Waals surface area contributed by atoms with Crippen LogP contribution in [0.15, 0.2) is 114 Å². The quantitative estimate of drug-likeness (QED) is 0.233. The van der Waals surface area contributed by atoms with Gasteiger partial charge in [0.05, 0.1) is 23.2 Å². The molecule has 216 valence electrons. The number of ether oxygens (including phenoxy) is 1. The van der Waals surface area contributed by atoms with Gasteiger partial charge >= 0.3 is 0 Å². The molecule has 3 unspecified atom stereocenters. The van der Waals surface area contributed by atoms with Crippen LogP contribution in [0.25, 0.3) is 10.9 Å². The van der Waals surface area contributed by atoms with Crippen LogP contribution in [0.1, 0.15) is 53.2 Å². The van der Waals surface area contributed by atoms with Gasteiger partial charge in [-0.1, -0.05) is 42.8 Å². The molecule has 8 rings (SSSR count). The van der Waals surface area contributed by atoms with Gasteiger partial charge in [-0.2, -0.15) is 0 Å². The number of benzene rings is 1. The molecule has 7 heterocycles. The van der Waals surface area contributed by atoms with Crippen molar-refractivity contribution in [3.8, 4) is 0 Å². The second-order valence-corrected chi connectivity index (χ2v) is 12.1. The van der Waals surface area contributed by atoms with Crippen LogP contribution in [-0.2, 0) is 15.9 Å². The summed E-state index contributed by atoms with van der Waals surface area (Å²) in [6.07, 6.45) is 10.3. The first-order valence-corrected chi connectivity index (χ1v) is 15.7. The van der Waals surface area contributed by atoms with Crippen LogP contribution < -0.4 is 0 Å². The van der Waals surface area contributed by atoms with Crippen molar-refractivity contribution < 1.29 is 9.15 Å². The SMILES string of the molecule is c1ccc(C2(c3ccc4ccccc4n3)OC(c3ncc[nH]3)CN(N3CCCCC3)C2(c2ccco2)c2cccs2)nc1. The molecular weight excluding hydrogens is 556 g/mol. The van der Waals surface area contributed by atoms with E-state index >= 15 is 0 Å². The van der Waals surface area contributed by atoms with Gasteiger partial charge in [-0.15, -0.1) is 11.3 Å². The maximum Gasteiger partial charge on any atom is 0.184 e. The number of nitrogens with one attached hydrogen (secondary N) is 1. The molecule has 0 spiro atoms. The number of aromatic amines is 1. The number of imidazole rings is 1. The lowest BCUT2D eigenvalue weighted by molar-refractivity contribution is -0.279. The van der Waals surface area contributed by atoms with Gasteiger partial charge in [0.1, 0.15) is 17.7 Å². The number of nitrogens with zero attached hydrogens (tertiary/aromatic N) is 5. The number of piperidine rings is 1. The zero-order valence-electron chi connectivity index (χ0n) is 23.7. The molecule has 1 N–H and O–H groups in total. The minimum absolute atomic E-state index is 0.407. The Kier molecular flexibility index (Phi) is 6.68. The van der Waals surface area contributed by atoms with Crippen molar-refractivity contribution in [1.29, 1.82) is 0 Å². The van der Waals surface area contributed by atoms with Crippen LogP contribution in [0.5, 0.6) is 0 Å². The van der Waals surface area contributed by atoms with Gasteiger partial charge in [-0.05, 0) is 60.7 Å². The van der Waals surface area contributed by atoms with Crippen LogP contribution >= 0.6 is 11.3 Å². The van der Waals surface area contributed by atoms with Crippen molar-refractivity contribution in [3.05, 3.63) is 137 Å². The molecule has 2 fully saturated rings. The Morgan fingerprint density at radius 3 is 2.51 bits per heavy atom. The minimum Gasteiger partial charge on any atom is -0.467 e. The standard InChI is InChI=1S/C34H32N6O2S/c1-6-20-39(21-7-1)40-24-27(32-36-18-19-37-32)42-34(28-12-4-5-17-35-28,29-16-15-25-10-2-3-11-26(25)38-29)33(40,30-13-8-22-41-30)31-14-9-23-43-31/h2-5,8-19,22-23,27H,1,6-7,20-21,24H2,(H,36,37). The van der Waals surface area contributed by atoms with Gasteiger partial charge in [0.15, 0.2) is 11.1 Å². The third kappa shape index (κ3) is 4.11. The smallest absolute Gasteiger partial charge is 0.184 e. The fraction of sp³-hybridized carbons (Fsp3) is 0.265. The topological polar surface area (TPSA) is 83.3 Å². The molecule has 0 radical (unpaired) electrons. The molecule has 0 saturated carbocycles. The van der Waals surface area contributed by atoms with Crippen LogP contribution in [-0.4, -0.2) is 49.6 Å². The molecule has 1 aromatic carbocycles. The first-order chi connectivity index (χ1) is 21.3. The first kappa shape index (κ1) is 26.5. The van der Waals surface area contributed by atoms with Crippen LogP contribution in [0, 0.1) is 0 Å². The summed E-state index contributed by atoms with van der Waals surface area (Å²) in [6, 6.07) is 26.8. The van der Waals surface area contributed by atoms with Crippen molar-refractivity contribution in [1.82, 2.24) is 30.0 Å². The summed E-state index contributed by atoms with van der Waals surface area (Å²) in [7, 11) is 0. The number of fused-ring (bicyclic) bond motifs is 1. The number of hydrogen-bond donors (Lipinski definition) is 1. The Morgan fingerprint density at radius 2 is 1.74 bits per heavy atom. The van der Waals surface area contributed by atoms with E-state index in [1.807, 2.05) is 42.7 Å². The normalized spacial score (nSPS) is 25.3.